The smallest absolute Gasteiger partial charge is 0.393 e. The summed E-state index contributed by atoms with van der Waals surface area (Å²) in [5.41, 5.74) is 6.31. The Labute approximate surface area is 138 Å². The number of nitrogens with zero attached hydrogens (tertiary/aromatic N) is 2. The van der Waals surface area contributed by atoms with Gasteiger partial charge in [-0.15, -0.1) is 0 Å². The molecule has 1 aromatic carbocycles. The molecule has 2 N–H and O–H groups in total. The maximum Gasteiger partial charge on any atom is 0.393 e. The van der Waals surface area contributed by atoms with Gasteiger partial charge >= 0.3 is 6.18 Å². The van der Waals surface area contributed by atoms with Crippen molar-refractivity contribution >= 4 is 17.5 Å². The predicted octanol–water partition coefficient (Wildman–Crippen LogP) is 2.39. The Balaban J connectivity index is 2.25. The molecule has 2 amide bonds. The first-order chi connectivity index (χ1) is 11.1. The van der Waals surface area contributed by atoms with Crippen molar-refractivity contribution in [2.45, 2.75) is 19.0 Å². The van der Waals surface area contributed by atoms with E-state index in [1.54, 1.807) is 14.1 Å². The number of amides is 2. The molecule has 2 rings (SSSR count). The Morgan fingerprint density at radius 3 is 2.42 bits per heavy atom. The van der Waals surface area contributed by atoms with Crippen molar-refractivity contribution in [1.82, 2.24) is 9.80 Å². The average Bonchev–Trinajstić information content (AvgIpc) is 2.52. The molecule has 0 spiro atoms. The number of hydrogen-bond donors (Lipinski definition) is 1. The number of alkyl halides is 3. The number of nitrogen functional groups attached to an aromatic ring is 1. The van der Waals surface area contributed by atoms with Crippen LogP contribution < -0.4 is 5.73 Å². The van der Waals surface area contributed by atoms with Gasteiger partial charge in [0.15, 0.2) is 0 Å². The molecule has 1 unspecified atom stereocenters. The van der Waals surface area contributed by atoms with E-state index in [1.807, 2.05) is 0 Å². The van der Waals surface area contributed by atoms with Crippen LogP contribution in [0.5, 0.6) is 0 Å². The second kappa shape index (κ2) is 6.70. The van der Waals surface area contributed by atoms with Gasteiger partial charge in [0.05, 0.1) is 5.92 Å². The second-order valence-corrected chi connectivity index (χ2v) is 6.18. The molecule has 0 aliphatic carbocycles. The molecule has 0 saturated carbocycles. The van der Waals surface area contributed by atoms with Crippen LogP contribution in [0.1, 0.15) is 33.6 Å². The van der Waals surface area contributed by atoms with Gasteiger partial charge in [0.1, 0.15) is 0 Å². The van der Waals surface area contributed by atoms with E-state index in [4.69, 9.17) is 5.73 Å². The predicted molar refractivity (Wildman–Crippen MR) is 83.6 cm³/mol. The number of carbonyl (C=O) groups is 2. The van der Waals surface area contributed by atoms with Gasteiger partial charge in [0, 0.05) is 44.0 Å². The van der Waals surface area contributed by atoms with Crippen molar-refractivity contribution in [2.24, 2.45) is 5.92 Å². The molecule has 0 aromatic heterocycles. The molecule has 132 valence electrons. The summed E-state index contributed by atoms with van der Waals surface area (Å²) in [7, 11) is 3.12. The van der Waals surface area contributed by atoms with Gasteiger partial charge in [-0.05, 0) is 31.0 Å². The summed E-state index contributed by atoms with van der Waals surface area (Å²) < 4.78 is 38.7. The quantitative estimate of drug-likeness (QED) is 0.839. The molecule has 1 fully saturated rings. The van der Waals surface area contributed by atoms with Gasteiger partial charge in [-0.2, -0.15) is 13.2 Å². The highest BCUT2D eigenvalue weighted by molar-refractivity contribution is 6.00. The molecule has 5 nitrogen and oxygen atoms in total. The Bertz CT molecular complexity index is 644. The van der Waals surface area contributed by atoms with E-state index in [9.17, 15) is 22.8 Å². The SMILES string of the molecule is CN(C)C(=O)c1cc(N)cc(C(=O)N2CCCC(C(F)(F)F)C2)c1. The highest BCUT2D eigenvalue weighted by Crippen LogP contribution is 2.33. The van der Waals surface area contributed by atoms with E-state index in [1.165, 1.54) is 28.0 Å². The minimum absolute atomic E-state index is 0.0224. The number of anilines is 1. The fourth-order valence-corrected chi connectivity index (χ4v) is 2.77. The van der Waals surface area contributed by atoms with Gasteiger partial charge in [0.25, 0.3) is 11.8 Å². The largest absolute Gasteiger partial charge is 0.399 e. The molecule has 1 heterocycles. The van der Waals surface area contributed by atoms with Crippen LogP contribution in [0.25, 0.3) is 0 Å². The van der Waals surface area contributed by atoms with Crippen molar-refractivity contribution in [3.63, 3.8) is 0 Å². The maximum atomic E-state index is 12.9. The van der Waals surface area contributed by atoms with Crippen LogP contribution in [0, 0.1) is 5.92 Å². The zero-order valence-electron chi connectivity index (χ0n) is 13.6. The molecule has 1 aliphatic heterocycles. The third kappa shape index (κ3) is 3.98. The van der Waals surface area contributed by atoms with E-state index in [0.29, 0.717) is 6.42 Å². The lowest BCUT2D eigenvalue weighted by molar-refractivity contribution is -0.184. The normalized spacial score (nSPS) is 18.4. The van der Waals surface area contributed by atoms with Crippen molar-refractivity contribution in [1.29, 1.82) is 0 Å². The summed E-state index contributed by atoms with van der Waals surface area (Å²) in [6, 6.07) is 4.19. The monoisotopic (exact) mass is 343 g/mol. The van der Waals surface area contributed by atoms with E-state index in [2.05, 4.69) is 0 Å². The molecule has 8 heteroatoms. The molecule has 1 aromatic rings. The Kier molecular flexibility index (Phi) is 5.05. The highest BCUT2D eigenvalue weighted by Gasteiger charge is 2.42. The third-order valence-corrected chi connectivity index (χ3v) is 4.03. The van der Waals surface area contributed by atoms with E-state index >= 15 is 0 Å². The van der Waals surface area contributed by atoms with Crippen LogP contribution in [0.15, 0.2) is 18.2 Å². The molecule has 1 atom stereocenters. The molecule has 1 aliphatic rings. The number of halogens is 3. The molecule has 24 heavy (non-hydrogen) atoms. The molecular formula is C16H20F3N3O2. The van der Waals surface area contributed by atoms with Crippen LogP contribution in [-0.2, 0) is 0 Å². The van der Waals surface area contributed by atoms with Crippen LogP contribution in [0.3, 0.4) is 0 Å². The van der Waals surface area contributed by atoms with Gasteiger partial charge in [0.2, 0.25) is 0 Å². The lowest BCUT2D eigenvalue weighted by atomic mass is 9.96. The van der Waals surface area contributed by atoms with Gasteiger partial charge in [-0.25, -0.2) is 0 Å². The fraction of sp³-hybridized carbons (Fsp3) is 0.500. The van der Waals surface area contributed by atoms with Crippen molar-refractivity contribution in [3.8, 4) is 0 Å². The summed E-state index contributed by atoms with van der Waals surface area (Å²) in [6.45, 7) is -0.106. The minimum atomic E-state index is -4.32. The van der Waals surface area contributed by atoms with E-state index in [-0.39, 0.29) is 42.2 Å². The second-order valence-electron chi connectivity index (χ2n) is 6.18. The number of piperidine rings is 1. The molecule has 0 radical (unpaired) electrons. The minimum Gasteiger partial charge on any atom is -0.399 e. The number of rotatable bonds is 2. The summed E-state index contributed by atoms with van der Waals surface area (Å²) in [5.74, 6) is -2.38. The molecular weight excluding hydrogens is 323 g/mol. The van der Waals surface area contributed by atoms with Gasteiger partial charge in [-0.1, -0.05) is 0 Å². The number of nitrogens with two attached hydrogens (primary N) is 1. The standard InChI is InChI=1S/C16H20F3N3O2/c1-21(2)14(23)10-6-11(8-13(20)7-10)15(24)22-5-3-4-12(9-22)16(17,18)19/h6-8,12H,3-5,9,20H2,1-2H3. The van der Waals surface area contributed by atoms with Crippen molar-refractivity contribution in [2.75, 3.05) is 32.9 Å². The fourth-order valence-electron chi connectivity index (χ4n) is 2.77. The van der Waals surface area contributed by atoms with Gasteiger partial charge < -0.3 is 15.5 Å². The molecule has 1 saturated heterocycles. The number of benzene rings is 1. The van der Waals surface area contributed by atoms with Crippen LogP contribution in [0.2, 0.25) is 0 Å². The van der Waals surface area contributed by atoms with Crippen LogP contribution in [-0.4, -0.2) is 55.0 Å². The first-order valence-electron chi connectivity index (χ1n) is 7.58. The summed E-state index contributed by atoms with van der Waals surface area (Å²) in [6.07, 6.45) is -4.00. The Morgan fingerprint density at radius 1 is 1.21 bits per heavy atom. The summed E-state index contributed by atoms with van der Waals surface area (Å²) in [5, 5.41) is 0. The zero-order valence-corrected chi connectivity index (χ0v) is 13.6. The average molecular weight is 343 g/mol. The lowest BCUT2D eigenvalue weighted by Gasteiger charge is -2.33. The third-order valence-electron chi connectivity index (χ3n) is 4.03. The van der Waals surface area contributed by atoms with E-state index in [0.717, 1.165) is 0 Å². The first kappa shape index (κ1) is 18.1. The summed E-state index contributed by atoms with van der Waals surface area (Å²) in [4.78, 5) is 27.1. The first-order valence-corrected chi connectivity index (χ1v) is 7.58. The number of likely N-dealkylation sites (tertiary alicyclic amines) is 1. The number of hydrogen-bond acceptors (Lipinski definition) is 3. The van der Waals surface area contributed by atoms with Crippen molar-refractivity contribution in [3.05, 3.63) is 29.3 Å². The maximum absolute atomic E-state index is 12.9. The Morgan fingerprint density at radius 2 is 1.83 bits per heavy atom. The molecule has 0 bridgehead atoms. The van der Waals surface area contributed by atoms with Crippen molar-refractivity contribution < 1.29 is 22.8 Å². The van der Waals surface area contributed by atoms with Gasteiger partial charge in [-0.3, -0.25) is 9.59 Å². The number of carbonyl (C=O) groups excluding carboxylic acids is 2. The van der Waals surface area contributed by atoms with Crippen LogP contribution in [0.4, 0.5) is 18.9 Å². The van der Waals surface area contributed by atoms with Crippen LogP contribution >= 0.6 is 0 Å². The van der Waals surface area contributed by atoms with E-state index < -0.39 is 18.0 Å². The lowest BCUT2D eigenvalue weighted by Crippen LogP contribution is -2.44. The summed E-state index contributed by atoms with van der Waals surface area (Å²) >= 11 is 0. The zero-order chi connectivity index (χ0) is 18.1. The highest BCUT2D eigenvalue weighted by atomic mass is 19.4. The topological polar surface area (TPSA) is 66.6 Å². The Hall–Kier alpha value is -2.25.